The quantitative estimate of drug-likeness (QED) is 0.695. The Balaban J connectivity index is 1.97. The third-order valence-electron chi connectivity index (χ3n) is 3.39. The minimum atomic E-state index is -0.832. The highest BCUT2D eigenvalue weighted by Gasteiger charge is 2.10. The summed E-state index contributed by atoms with van der Waals surface area (Å²) in [6, 6.07) is 15.0. The monoisotopic (exact) mass is 373 g/mol. The van der Waals surface area contributed by atoms with Crippen LogP contribution in [0.1, 0.15) is 25.0 Å². The maximum atomic E-state index is 12.4. The van der Waals surface area contributed by atoms with E-state index in [-0.39, 0.29) is 24.2 Å². The molecule has 2 aromatic carbocycles. The summed E-state index contributed by atoms with van der Waals surface area (Å²) in [6.45, 7) is 3.90. The average Bonchev–Trinajstić information content (AvgIpc) is 2.56. The molecule has 2 N–H and O–H groups in total. The summed E-state index contributed by atoms with van der Waals surface area (Å²) in [4.78, 5) is 23.0. The first-order chi connectivity index (χ1) is 12.4. The van der Waals surface area contributed by atoms with Crippen molar-refractivity contribution in [2.24, 2.45) is 0 Å². The van der Waals surface area contributed by atoms with Crippen molar-refractivity contribution < 1.29 is 19.4 Å². The number of ether oxygens (including phenoxy) is 1. The van der Waals surface area contributed by atoms with Gasteiger partial charge in [0.25, 0.3) is 0 Å². The van der Waals surface area contributed by atoms with E-state index in [1.54, 1.807) is 0 Å². The molecule has 6 heteroatoms. The lowest BCUT2D eigenvalue weighted by molar-refractivity contribution is -0.133. The Morgan fingerprint density at radius 1 is 1.15 bits per heavy atom. The average molecular weight is 373 g/mol. The lowest BCUT2D eigenvalue weighted by Gasteiger charge is -2.14. The van der Waals surface area contributed by atoms with Gasteiger partial charge in [0, 0.05) is 17.0 Å². The molecular formula is C20H23NO4S. The van der Waals surface area contributed by atoms with Crippen molar-refractivity contribution in [1.29, 1.82) is 0 Å². The molecule has 0 atom stereocenters. The number of hydrogen-bond donors (Lipinski definition) is 2. The number of carboxylic acids is 1. The van der Waals surface area contributed by atoms with Crippen LogP contribution in [0, 0.1) is 0 Å². The number of aliphatic carboxylic acids is 1. The number of carbonyl (C=O) groups is 2. The smallest absolute Gasteiger partial charge is 0.313 e. The Kier molecular flexibility index (Phi) is 7.53. The largest absolute Gasteiger partial charge is 0.491 e. The number of carbonyl (C=O) groups excluding carboxylic acids is 1. The molecule has 5 nitrogen and oxygen atoms in total. The molecular weight excluding hydrogens is 350 g/mol. The molecule has 0 aliphatic carbocycles. The van der Waals surface area contributed by atoms with Gasteiger partial charge in [0.1, 0.15) is 5.75 Å². The van der Waals surface area contributed by atoms with Gasteiger partial charge in [-0.05, 0) is 37.6 Å². The number of hydrogen-bond acceptors (Lipinski definition) is 4. The maximum absolute atomic E-state index is 12.4. The molecule has 0 radical (unpaired) electrons. The van der Waals surface area contributed by atoms with Crippen LogP contribution in [-0.4, -0.2) is 28.8 Å². The second kappa shape index (κ2) is 9.87. The van der Waals surface area contributed by atoms with Crippen molar-refractivity contribution in [1.82, 2.24) is 0 Å². The summed E-state index contributed by atoms with van der Waals surface area (Å²) in [5, 5.41) is 11.6. The van der Waals surface area contributed by atoms with Crippen LogP contribution < -0.4 is 10.1 Å². The molecule has 0 bridgehead atoms. The van der Waals surface area contributed by atoms with Crippen molar-refractivity contribution >= 4 is 29.3 Å². The number of amides is 1. The SMILES string of the molecule is CC(C)Oc1ccccc1CC(=O)Nc1cccc(CSCC(=O)O)c1. The van der Waals surface area contributed by atoms with Crippen LogP contribution in [0.15, 0.2) is 48.5 Å². The summed E-state index contributed by atoms with van der Waals surface area (Å²) in [5.74, 6) is 0.406. The van der Waals surface area contributed by atoms with Crippen molar-refractivity contribution in [3.05, 3.63) is 59.7 Å². The lowest BCUT2D eigenvalue weighted by atomic mass is 10.1. The molecule has 138 valence electrons. The highest BCUT2D eigenvalue weighted by Crippen LogP contribution is 2.21. The van der Waals surface area contributed by atoms with E-state index in [9.17, 15) is 9.59 Å². The van der Waals surface area contributed by atoms with Crippen molar-refractivity contribution in [3.8, 4) is 5.75 Å². The van der Waals surface area contributed by atoms with E-state index < -0.39 is 5.97 Å². The van der Waals surface area contributed by atoms with Gasteiger partial charge in [-0.2, -0.15) is 0 Å². The second-order valence-electron chi connectivity index (χ2n) is 6.09. The van der Waals surface area contributed by atoms with E-state index in [2.05, 4.69) is 5.32 Å². The fraction of sp³-hybridized carbons (Fsp3) is 0.300. The summed E-state index contributed by atoms with van der Waals surface area (Å²) >= 11 is 1.32. The topological polar surface area (TPSA) is 75.6 Å². The summed E-state index contributed by atoms with van der Waals surface area (Å²) in [7, 11) is 0. The fourth-order valence-electron chi connectivity index (χ4n) is 2.39. The second-order valence-corrected chi connectivity index (χ2v) is 7.07. The third-order valence-corrected chi connectivity index (χ3v) is 4.38. The molecule has 0 fully saturated rings. The van der Waals surface area contributed by atoms with E-state index in [0.29, 0.717) is 11.4 Å². The number of anilines is 1. The predicted molar refractivity (Wildman–Crippen MR) is 105 cm³/mol. The van der Waals surface area contributed by atoms with E-state index >= 15 is 0 Å². The maximum Gasteiger partial charge on any atom is 0.313 e. The number of thioether (sulfide) groups is 1. The summed E-state index contributed by atoms with van der Waals surface area (Å²) in [5.41, 5.74) is 2.51. The van der Waals surface area contributed by atoms with Gasteiger partial charge >= 0.3 is 5.97 Å². The van der Waals surface area contributed by atoms with Crippen molar-refractivity contribution in [2.45, 2.75) is 32.1 Å². The van der Waals surface area contributed by atoms with E-state index in [1.165, 1.54) is 11.8 Å². The Morgan fingerprint density at radius 2 is 1.92 bits per heavy atom. The van der Waals surface area contributed by atoms with Crippen LogP contribution in [0.4, 0.5) is 5.69 Å². The highest BCUT2D eigenvalue weighted by molar-refractivity contribution is 7.99. The number of carboxylic acid groups (broad SMARTS) is 1. The Bertz CT molecular complexity index is 761. The standard InChI is InChI=1S/C20H23NO4S/c1-14(2)25-18-9-4-3-7-16(18)11-19(22)21-17-8-5-6-15(10-17)12-26-13-20(23)24/h3-10,14H,11-13H2,1-2H3,(H,21,22)(H,23,24). The van der Waals surface area contributed by atoms with Crippen LogP contribution in [-0.2, 0) is 21.8 Å². The van der Waals surface area contributed by atoms with Gasteiger partial charge in [-0.15, -0.1) is 11.8 Å². The molecule has 1 amide bonds. The molecule has 0 aromatic heterocycles. The van der Waals surface area contributed by atoms with E-state index in [4.69, 9.17) is 9.84 Å². The van der Waals surface area contributed by atoms with Gasteiger partial charge in [0.15, 0.2) is 0 Å². The predicted octanol–water partition coefficient (Wildman–Crippen LogP) is 3.97. The molecule has 0 spiro atoms. The van der Waals surface area contributed by atoms with Crippen LogP contribution in [0.25, 0.3) is 0 Å². The van der Waals surface area contributed by atoms with Gasteiger partial charge in [-0.25, -0.2) is 0 Å². The minimum absolute atomic E-state index is 0.0409. The molecule has 26 heavy (non-hydrogen) atoms. The Labute approximate surface area is 157 Å². The Morgan fingerprint density at radius 3 is 2.65 bits per heavy atom. The zero-order valence-corrected chi connectivity index (χ0v) is 15.7. The zero-order chi connectivity index (χ0) is 18.9. The minimum Gasteiger partial charge on any atom is -0.491 e. The fourth-order valence-corrected chi connectivity index (χ4v) is 3.08. The van der Waals surface area contributed by atoms with Crippen molar-refractivity contribution in [2.75, 3.05) is 11.1 Å². The van der Waals surface area contributed by atoms with Crippen molar-refractivity contribution in [3.63, 3.8) is 0 Å². The zero-order valence-electron chi connectivity index (χ0n) is 14.9. The Hall–Kier alpha value is -2.47. The van der Waals surface area contributed by atoms with Crippen LogP contribution >= 0.6 is 11.8 Å². The van der Waals surface area contributed by atoms with Gasteiger partial charge in [-0.1, -0.05) is 30.3 Å². The number of benzene rings is 2. The number of para-hydroxylation sites is 1. The molecule has 0 saturated carbocycles. The highest BCUT2D eigenvalue weighted by atomic mass is 32.2. The van der Waals surface area contributed by atoms with Gasteiger partial charge < -0.3 is 15.2 Å². The normalized spacial score (nSPS) is 10.6. The van der Waals surface area contributed by atoms with Gasteiger partial charge in [0.05, 0.1) is 18.3 Å². The van der Waals surface area contributed by atoms with E-state index in [1.807, 2.05) is 62.4 Å². The molecule has 0 unspecified atom stereocenters. The molecule has 0 saturated heterocycles. The first-order valence-corrected chi connectivity index (χ1v) is 9.52. The molecule has 0 aliphatic heterocycles. The molecule has 0 aliphatic rings. The lowest BCUT2D eigenvalue weighted by Crippen LogP contribution is -2.16. The molecule has 2 aromatic rings. The third kappa shape index (κ3) is 6.80. The van der Waals surface area contributed by atoms with Gasteiger partial charge in [-0.3, -0.25) is 9.59 Å². The van der Waals surface area contributed by atoms with Gasteiger partial charge in [0.2, 0.25) is 5.91 Å². The van der Waals surface area contributed by atoms with Crippen LogP contribution in [0.5, 0.6) is 5.75 Å². The van der Waals surface area contributed by atoms with Crippen LogP contribution in [0.2, 0.25) is 0 Å². The van der Waals surface area contributed by atoms with E-state index in [0.717, 1.165) is 16.9 Å². The summed E-state index contributed by atoms with van der Waals surface area (Å²) < 4.78 is 5.75. The number of rotatable bonds is 9. The molecule has 2 rings (SSSR count). The van der Waals surface area contributed by atoms with Crippen LogP contribution in [0.3, 0.4) is 0 Å². The molecule has 0 heterocycles. The first kappa shape index (κ1) is 19.8. The summed E-state index contributed by atoms with van der Waals surface area (Å²) in [6.07, 6.45) is 0.264. The first-order valence-electron chi connectivity index (χ1n) is 8.37. The number of nitrogens with one attached hydrogen (secondary N) is 1.